The van der Waals surface area contributed by atoms with E-state index in [-0.39, 0.29) is 0 Å². The van der Waals surface area contributed by atoms with Gasteiger partial charge in [-0.1, -0.05) is 0 Å². The molecule has 0 saturated carbocycles. The van der Waals surface area contributed by atoms with Crippen molar-refractivity contribution >= 4 is 11.6 Å². The van der Waals surface area contributed by atoms with E-state index in [1.807, 2.05) is 23.9 Å². The fourth-order valence-corrected chi connectivity index (χ4v) is 1.32. The van der Waals surface area contributed by atoms with Crippen molar-refractivity contribution < 1.29 is 0 Å². The largest absolute Gasteiger partial charge is 0.373 e. The standard InChI is InChI=1S/C10H14N6/c1-11-9-6-10(15-7-14-9)13-3-5-16-4-2-12-8-16/h2,4,6-8H,3,5H2,1H3,(H2,11,13,14,15). The maximum absolute atomic E-state index is 4.12. The number of nitrogens with one attached hydrogen (secondary N) is 2. The molecule has 0 spiro atoms. The third kappa shape index (κ3) is 2.69. The van der Waals surface area contributed by atoms with Crippen LogP contribution in [0.1, 0.15) is 0 Å². The lowest BCUT2D eigenvalue weighted by molar-refractivity contribution is 0.725. The molecule has 0 aliphatic heterocycles. The molecular formula is C10H14N6. The van der Waals surface area contributed by atoms with Gasteiger partial charge in [0.1, 0.15) is 18.0 Å². The van der Waals surface area contributed by atoms with Gasteiger partial charge in [0.05, 0.1) is 6.33 Å². The Morgan fingerprint density at radius 3 is 2.94 bits per heavy atom. The van der Waals surface area contributed by atoms with Crippen molar-refractivity contribution in [3.8, 4) is 0 Å². The molecule has 0 atom stereocenters. The van der Waals surface area contributed by atoms with Crippen LogP contribution in [0.2, 0.25) is 0 Å². The van der Waals surface area contributed by atoms with Crippen LogP contribution in [0.3, 0.4) is 0 Å². The molecule has 2 heterocycles. The molecule has 16 heavy (non-hydrogen) atoms. The monoisotopic (exact) mass is 218 g/mol. The minimum absolute atomic E-state index is 0.802. The van der Waals surface area contributed by atoms with Crippen molar-refractivity contribution in [2.24, 2.45) is 0 Å². The molecule has 6 heteroatoms. The van der Waals surface area contributed by atoms with Crippen LogP contribution in [-0.2, 0) is 6.54 Å². The molecule has 0 aliphatic carbocycles. The van der Waals surface area contributed by atoms with Crippen LogP contribution in [0.25, 0.3) is 0 Å². The van der Waals surface area contributed by atoms with E-state index in [4.69, 9.17) is 0 Å². The number of nitrogens with zero attached hydrogens (tertiary/aromatic N) is 4. The summed E-state index contributed by atoms with van der Waals surface area (Å²) in [6.07, 6.45) is 7.02. The van der Waals surface area contributed by atoms with E-state index in [0.717, 1.165) is 24.7 Å². The van der Waals surface area contributed by atoms with E-state index in [2.05, 4.69) is 25.6 Å². The molecule has 0 unspecified atom stereocenters. The number of hydrogen-bond donors (Lipinski definition) is 2. The lowest BCUT2D eigenvalue weighted by atomic mass is 10.5. The van der Waals surface area contributed by atoms with Crippen LogP contribution in [0.4, 0.5) is 11.6 Å². The van der Waals surface area contributed by atoms with Gasteiger partial charge in [-0.15, -0.1) is 0 Å². The molecule has 0 radical (unpaired) electrons. The van der Waals surface area contributed by atoms with Gasteiger partial charge in [0.15, 0.2) is 0 Å². The highest BCUT2D eigenvalue weighted by Gasteiger charge is 1.96. The summed E-state index contributed by atoms with van der Waals surface area (Å²) in [4.78, 5) is 12.1. The Morgan fingerprint density at radius 1 is 1.31 bits per heavy atom. The van der Waals surface area contributed by atoms with Gasteiger partial charge in [-0.05, 0) is 0 Å². The Kier molecular flexibility index (Phi) is 3.32. The quantitative estimate of drug-likeness (QED) is 0.778. The summed E-state index contributed by atoms with van der Waals surface area (Å²) in [6, 6.07) is 1.87. The molecule has 2 aromatic rings. The van der Waals surface area contributed by atoms with E-state index in [1.54, 1.807) is 12.5 Å². The average molecular weight is 218 g/mol. The maximum atomic E-state index is 4.12. The minimum atomic E-state index is 0.802. The zero-order valence-electron chi connectivity index (χ0n) is 9.09. The second kappa shape index (κ2) is 5.11. The van der Waals surface area contributed by atoms with Gasteiger partial charge < -0.3 is 15.2 Å². The highest BCUT2D eigenvalue weighted by Crippen LogP contribution is 2.06. The smallest absolute Gasteiger partial charge is 0.131 e. The average Bonchev–Trinajstić information content (AvgIpc) is 2.82. The zero-order valence-corrected chi connectivity index (χ0v) is 9.09. The van der Waals surface area contributed by atoms with Gasteiger partial charge in [-0.2, -0.15) is 0 Å². The lowest BCUT2D eigenvalue weighted by Gasteiger charge is -2.06. The first-order valence-corrected chi connectivity index (χ1v) is 5.08. The molecule has 2 aromatic heterocycles. The normalized spacial score (nSPS) is 10.1. The number of rotatable bonds is 5. The topological polar surface area (TPSA) is 67.7 Å². The number of anilines is 2. The Morgan fingerprint density at radius 2 is 2.19 bits per heavy atom. The van der Waals surface area contributed by atoms with Crippen LogP contribution in [0.15, 0.2) is 31.1 Å². The zero-order chi connectivity index (χ0) is 11.2. The molecule has 2 rings (SSSR count). The van der Waals surface area contributed by atoms with Crippen molar-refractivity contribution in [1.29, 1.82) is 0 Å². The molecular weight excluding hydrogens is 204 g/mol. The van der Waals surface area contributed by atoms with Gasteiger partial charge in [0.2, 0.25) is 0 Å². The van der Waals surface area contributed by atoms with Crippen molar-refractivity contribution in [2.75, 3.05) is 24.2 Å². The molecule has 0 saturated heterocycles. The SMILES string of the molecule is CNc1cc(NCCn2ccnc2)ncn1. The van der Waals surface area contributed by atoms with Crippen LogP contribution in [0, 0.1) is 0 Å². The van der Waals surface area contributed by atoms with Crippen molar-refractivity contribution in [3.05, 3.63) is 31.1 Å². The first-order valence-electron chi connectivity index (χ1n) is 5.08. The predicted octanol–water partition coefficient (Wildman–Crippen LogP) is 0.827. The highest BCUT2D eigenvalue weighted by atomic mass is 15.1. The van der Waals surface area contributed by atoms with E-state index < -0.39 is 0 Å². The third-order valence-corrected chi connectivity index (χ3v) is 2.16. The first-order chi connectivity index (χ1) is 7.88. The summed E-state index contributed by atoms with van der Waals surface area (Å²) in [5, 5.41) is 6.18. The van der Waals surface area contributed by atoms with E-state index in [9.17, 15) is 0 Å². The van der Waals surface area contributed by atoms with Gasteiger partial charge in [0, 0.05) is 38.6 Å². The Bertz CT molecular complexity index is 425. The Labute approximate surface area is 93.8 Å². The fourth-order valence-electron chi connectivity index (χ4n) is 1.32. The van der Waals surface area contributed by atoms with Gasteiger partial charge in [-0.25, -0.2) is 15.0 Å². The van der Waals surface area contributed by atoms with E-state index >= 15 is 0 Å². The van der Waals surface area contributed by atoms with Crippen molar-refractivity contribution in [3.63, 3.8) is 0 Å². The van der Waals surface area contributed by atoms with E-state index in [0.29, 0.717) is 0 Å². The van der Waals surface area contributed by atoms with Crippen LogP contribution >= 0.6 is 0 Å². The van der Waals surface area contributed by atoms with Gasteiger partial charge in [0.25, 0.3) is 0 Å². The van der Waals surface area contributed by atoms with Gasteiger partial charge in [-0.3, -0.25) is 0 Å². The first kappa shape index (κ1) is 10.4. The fraction of sp³-hybridized carbons (Fsp3) is 0.300. The summed E-state index contributed by atoms with van der Waals surface area (Å²) in [5.74, 6) is 1.62. The molecule has 2 N–H and O–H groups in total. The Balaban J connectivity index is 1.85. The predicted molar refractivity (Wildman–Crippen MR) is 62.3 cm³/mol. The molecule has 0 fully saturated rings. The second-order valence-electron chi connectivity index (χ2n) is 3.27. The summed E-state index contributed by atoms with van der Waals surface area (Å²) >= 11 is 0. The highest BCUT2D eigenvalue weighted by molar-refractivity contribution is 5.45. The minimum Gasteiger partial charge on any atom is -0.373 e. The lowest BCUT2D eigenvalue weighted by Crippen LogP contribution is -2.10. The number of hydrogen-bond acceptors (Lipinski definition) is 5. The Hall–Kier alpha value is -2.11. The second-order valence-corrected chi connectivity index (χ2v) is 3.27. The summed E-state index contributed by atoms with van der Waals surface area (Å²) < 4.78 is 2.01. The van der Waals surface area contributed by atoms with Crippen LogP contribution < -0.4 is 10.6 Å². The molecule has 0 bridgehead atoms. The number of imidazole rings is 1. The summed E-state index contributed by atoms with van der Waals surface area (Å²) in [5.41, 5.74) is 0. The molecule has 0 aromatic carbocycles. The van der Waals surface area contributed by atoms with Crippen LogP contribution in [0.5, 0.6) is 0 Å². The maximum Gasteiger partial charge on any atom is 0.131 e. The molecule has 0 amide bonds. The molecule has 0 aliphatic rings. The molecule has 84 valence electrons. The van der Waals surface area contributed by atoms with Crippen molar-refractivity contribution in [2.45, 2.75) is 6.54 Å². The third-order valence-electron chi connectivity index (χ3n) is 2.16. The summed E-state index contributed by atoms with van der Waals surface area (Å²) in [6.45, 7) is 1.66. The van der Waals surface area contributed by atoms with Gasteiger partial charge >= 0.3 is 0 Å². The number of aromatic nitrogens is 4. The van der Waals surface area contributed by atoms with E-state index in [1.165, 1.54) is 6.33 Å². The molecule has 6 nitrogen and oxygen atoms in total. The van der Waals surface area contributed by atoms with Crippen molar-refractivity contribution in [1.82, 2.24) is 19.5 Å². The van der Waals surface area contributed by atoms with Crippen LogP contribution in [-0.4, -0.2) is 33.1 Å². The summed E-state index contributed by atoms with van der Waals surface area (Å²) in [7, 11) is 1.83.